The number of rotatable bonds is 6. The number of benzene rings is 2. The minimum absolute atomic E-state index is 0.0195. The Morgan fingerprint density at radius 2 is 1.41 bits per heavy atom. The molecular weight excluding hydrogens is 348 g/mol. The fraction of sp³-hybridized carbons (Fsp3) is 0.294. The van der Waals surface area contributed by atoms with Crippen LogP contribution in [-0.4, -0.2) is 26.4 Å². The van der Waals surface area contributed by atoms with Crippen molar-refractivity contribution in [1.82, 2.24) is 0 Å². The Morgan fingerprint density at radius 3 is 1.95 bits per heavy atom. The summed E-state index contributed by atoms with van der Waals surface area (Å²) in [5.74, 6) is 2.05. The predicted octanol–water partition coefficient (Wildman–Crippen LogP) is 3.69. The van der Waals surface area contributed by atoms with E-state index in [1.807, 2.05) is 36.4 Å². The van der Waals surface area contributed by atoms with Gasteiger partial charge >= 0.3 is 0 Å². The van der Waals surface area contributed by atoms with Crippen LogP contribution in [0.15, 0.2) is 36.4 Å². The van der Waals surface area contributed by atoms with Crippen LogP contribution >= 0.6 is 15.9 Å². The Hall–Kier alpha value is -1.72. The number of ether oxygens (including phenoxy) is 3. The van der Waals surface area contributed by atoms with Gasteiger partial charge in [0.15, 0.2) is 11.5 Å². The van der Waals surface area contributed by atoms with Gasteiger partial charge in [-0.05, 0) is 29.3 Å². The Morgan fingerprint density at radius 1 is 0.864 bits per heavy atom. The molecule has 4 nitrogen and oxygen atoms in total. The maximum absolute atomic E-state index is 9.30. The SMILES string of the molecule is COc1cc(C(Br)c2ccc(OC)c(OC)c2)ccc1CO. The van der Waals surface area contributed by atoms with E-state index in [1.165, 1.54) is 0 Å². The molecule has 0 aliphatic carbocycles. The number of aliphatic hydroxyl groups is 1. The molecule has 0 bridgehead atoms. The molecule has 0 aliphatic heterocycles. The Labute approximate surface area is 138 Å². The summed E-state index contributed by atoms with van der Waals surface area (Å²) in [6, 6.07) is 11.5. The number of hydrogen-bond acceptors (Lipinski definition) is 4. The third-order valence-electron chi connectivity index (χ3n) is 3.47. The zero-order chi connectivity index (χ0) is 16.1. The van der Waals surface area contributed by atoms with Crippen LogP contribution in [0.2, 0.25) is 0 Å². The highest BCUT2D eigenvalue weighted by Gasteiger charge is 2.15. The fourth-order valence-electron chi connectivity index (χ4n) is 2.25. The predicted molar refractivity (Wildman–Crippen MR) is 89.2 cm³/mol. The smallest absolute Gasteiger partial charge is 0.161 e. The molecule has 2 rings (SSSR count). The number of alkyl halides is 1. The van der Waals surface area contributed by atoms with Crippen LogP contribution in [0.3, 0.4) is 0 Å². The van der Waals surface area contributed by atoms with E-state index in [-0.39, 0.29) is 11.4 Å². The van der Waals surface area contributed by atoms with Crippen molar-refractivity contribution in [2.75, 3.05) is 21.3 Å². The summed E-state index contributed by atoms with van der Waals surface area (Å²) in [6.07, 6.45) is 0. The Kier molecular flexibility index (Phi) is 5.69. The van der Waals surface area contributed by atoms with Gasteiger partial charge in [0.25, 0.3) is 0 Å². The van der Waals surface area contributed by atoms with Gasteiger partial charge in [-0.3, -0.25) is 0 Å². The summed E-state index contributed by atoms with van der Waals surface area (Å²) in [4.78, 5) is -0.0195. The lowest BCUT2D eigenvalue weighted by Gasteiger charge is -2.16. The molecular formula is C17H19BrO4. The Balaban J connectivity index is 2.37. The van der Waals surface area contributed by atoms with Gasteiger partial charge in [0.1, 0.15) is 5.75 Å². The molecule has 0 radical (unpaired) electrons. The van der Waals surface area contributed by atoms with Gasteiger partial charge in [-0.25, -0.2) is 0 Å². The Bertz CT molecular complexity index is 587. The second-order valence-electron chi connectivity index (χ2n) is 4.71. The van der Waals surface area contributed by atoms with Crippen molar-refractivity contribution in [3.63, 3.8) is 0 Å². The van der Waals surface area contributed by atoms with Crippen molar-refractivity contribution in [2.24, 2.45) is 0 Å². The molecule has 2 aromatic rings. The van der Waals surface area contributed by atoms with E-state index in [4.69, 9.17) is 14.2 Å². The van der Waals surface area contributed by atoms with Gasteiger partial charge in [-0.15, -0.1) is 0 Å². The third kappa shape index (κ3) is 3.36. The highest BCUT2D eigenvalue weighted by atomic mass is 79.9. The van der Waals surface area contributed by atoms with Crippen LogP contribution in [0.25, 0.3) is 0 Å². The average molecular weight is 367 g/mol. The van der Waals surface area contributed by atoms with E-state index < -0.39 is 0 Å². The number of halogens is 1. The molecule has 0 aromatic heterocycles. The first-order chi connectivity index (χ1) is 10.6. The maximum atomic E-state index is 9.30. The van der Waals surface area contributed by atoms with Gasteiger partial charge < -0.3 is 19.3 Å². The second-order valence-corrected chi connectivity index (χ2v) is 5.62. The minimum atomic E-state index is -0.0488. The van der Waals surface area contributed by atoms with Crippen molar-refractivity contribution in [1.29, 1.82) is 0 Å². The lowest BCUT2D eigenvalue weighted by molar-refractivity contribution is 0.273. The van der Waals surface area contributed by atoms with Crippen molar-refractivity contribution < 1.29 is 19.3 Å². The second kappa shape index (κ2) is 7.51. The highest BCUT2D eigenvalue weighted by Crippen LogP contribution is 2.37. The summed E-state index contributed by atoms with van der Waals surface area (Å²) in [6.45, 7) is -0.0488. The standard InChI is InChI=1S/C17H19BrO4/c1-20-14-7-6-12(9-16(14)22-3)17(18)11-4-5-13(10-19)15(8-11)21-2/h4-9,17,19H,10H2,1-3H3. The maximum Gasteiger partial charge on any atom is 0.161 e. The van der Waals surface area contributed by atoms with Gasteiger partial charge in [-0.2, -0.15) is 0 Å². The van der Waals surface area contributed by atoms with E-state index in [0.29, 0.717) is 17.2 Å². The zero-order valence-corrected chi connectivity index (χ0v) is 14.4. The van der Waals surface area contributed by atoms with E-state index >= 15 is 0 Å². The summed E-state index contributed by atoms with van der Waals surface area (Å²) in [5.41, 5.74) is 2.83. The van der Waals surface area contributed by atoms with Crippen LogP contribution in [0.5, 0.6) is 17.2 Å². The average Bonchev–Trinajstić information content (AvgIpc) is 2.59. The van der Waals surface area contributed by atoms with Crippen LogP contribution in [0.1, 0.15) is 21.5 Å². The van der Waals surface area contributed by atoms with Crippen molar-refractivity contribution in [3.05, 3.63) is 53.1 Å². The molecule has 0 fully saturated rings. The van der Waals surface area contributed by atoms with E-state index in [2.05, 4.69) is 15.9 Å². The molecule has 5 heteroatoms. The largest absolute Gasteiger partial charge is 0.496 e. The lowest BCUT2D eigenvalue weighted by atomic mass is 10.0. The zero-order valence-electron chi connectivity index (χ0n) is 12.8. The topological polar surface area (TPSA) is 47.9 Å². The molecule has 1 atom stereocenters. The molecule has 1 unspecified atom stereocenters. The molecule has 0 heterocycles. The van der Waals surface area contributed by atoms with Gasteiger partial charge in [0.2, 0.25) is 0 Å². The molecule has 2 aromatic carbocycles. The van der Waals surface area contributed by atoms with Crippen molar-refractivity contribution >= 4 is 15.9 Å². The summed E-state index contributed by atoms with van der Waals surface area (Å²) in [7, 11) is 4.82. The van der Waals surface area contributed by atoms with Gasteiger partial charge in [0, 0.05) is 5.56 Å². The van der Waals surface area contributed by atoms with Crippen LogP contribution in [0.4, 0.5) is 0 Å². The molecule has 118 valence electrons. The normalized spacial score (nSPS) is 11.9. The minimum Gasteiger partial charge on any atom is -0.496 e. The van der Waals surface area contributed by atoms with E-state index in [9.17, 15) is 5.11 Å². The number of hydrogen-bond donors (Lipinski definition) is 1. The molecule has 0 saturated heterocycles. The molecule has 0 amide bonds. The summed E-state index contributed by atoms with van der Waals surface area (Å²) in [5, 5.41) is 9.30. The van der Waals surface area contributed by atoms with Crippen LogP contribution < -0.4 is 14.2 Å². The summed E-state index contributed by atoms with van der Waals surface area (Å²) >= 11 is 3.70. The van der Waals surface area contributed by atoms with Crippen LogP contribution in [0, 0.1) is 0 Å². The first-order valence-corrected chi connectivity index (χ1v) is 7.69. The number of methoxy groups -OCH3 is 3. The fourth-order valence-corrected chi connectivity index (χ4v) is 2.82. The van der Waals surface area contributed by atoms with Gasteiger partial charge in [0.05, 0.1) is 32.8 Å². The molecule has 22 heavy (non-hydrogen) atoms. The molecule has 0 aliphatic rings. The highest BCUT2D eigenvalue weighted by molar-refractivity contribution is 9.09. The monoisotopic (exact) mass is 366 g/mol. The lowest BCUT2D eigenvalue weighted by Crippen LogP contribution is -1.98. The van der Waals surface area contributed by atoms with E-state index in [0.717, 1.165) is 16.7 Å². The van der Waals surface area contributed by atoms with Crippen LogP contribution in [-0.2, 0) is 6.61 Å². The first-order valence-electron chi connectivity index (χ1n) is 6.78. The molecule has 1 N–H and O–H groups in total. The van der Waals surface area contributed by atoms with Crippen molar-refractivity contribution in [3.8, 4) is 17.2 Å². The quantitative estimate of drug-likeness (QED) is 0.792. The third-order valence-corrected chi connectivity index (χ3v) is 4.53. The van der Waals surface area contributed by atoms with Crippen molar-refractivity contribution in [2.45, 2.75) is 11.4 Å². The molecule has 0 saturated carbocycles. The van der Waals surface area contributed by atoms with E-state index in [1.54, 1.807) is 21.3 Å². The number of aliphatic hydroxyl groups excluding tert-OH is 1. The van der Waals surface area contributed by atoms with Gasteiger partial charge in [-0.1, -0.05) is 34.1 Å². The molecule has 0 spiro atoms. The summed E-state index contributed by atoms with van der Waals surface area (Å²) < 4.78 is 15.9. The first kappa shape index (κ1) is 16.6.